The van der Waals surface area contributed by atoms with E-state index in [1.807, 2.05) is 0 Å². The highest BCUT2D eigenvalue weighted by Crippen LogP contribution is 2.16. The third kappa shape index (κ3) is 3.15. The number of rotatable bonds is 4. The summed E-state index contributed by atoms with van der Waals surface area (Å²) in [5.74, 6) is -0.254. The summed E-state index contributed by atoms with van der Waals surface area (Å²) in [6, 6.07) is 4.46. The Hall–Kier alpha value is -0.890. The predicted octanol–water partition coefficient (Wildman–Crippen LogP) is 3.00. The molecule has 0 aliphatic rings. The Bertz CT molecular complexity index is 299. The van der Waals surface area contributed by atoms with Crippen LogP contribution in [0.1, 0.15) is 18.4 Å². The second kappa shape index (κ2) is 4.97. The van der Waals surface area contributed by atoms with Gasteiger partial charge in [0.05, 0.1) is 0 Å². The van der Waals surface area contributed by atoms with Gasteiger partial charge in [-0.15, -0.1) is 0 Å². The van der Waals surface area contributed by atoms with Crippen molar-refractivity contribution in [1.82, 2.24) is 0 Å². The average molecular weight is 201 g/mol. The van der Waals surface area contributed by atoms with Gasteiger partial charge in [-0.1, -0.05) is 11.6 Å². The van der Waals surface area contributed by atoms with Gasteiger partial charge >= 0.3 is 0 Å². The van der Waals surface area contributed by atoms with Gasteiger partial charge in [-0.05, 0) is 36.6 Å². The molecule has 0 saturated heterocycles. The molecule has 0 fully saturated rings. The molecule has 1 nitrogen and oxygen atoms in total. The summed E-state index contributed by atoms with van der Waals surface area (Å²) in [6.45, 7) is 0. The number of carbonyl (C=O) groups excluding carboxylic acids is 1. The molecular weight excluding hydrogens is 191 g/mol. The number of unbranched alkanes of at least 4 members (excludes halogenated alkanes) is 1. The highest BCUT2D eigenvalue weighted by atomic mass is 35.5. The van der Waals surface area contributed by atoms with Gasteiger partial charge in [0.25, 0.3) is 0 Å². The molecule has 0 atom stereocenters. The van der Waals surface area contributed by atoms with Crippen molar-refractivity contribution in [3.63, 3.8) is 0 Å². The molecule has 0 heterocycles. The molecule has 0 aliphatic carbocycles. The van der Waals surface area contributed by atoms with E-state index in [0.29, 0.717) is 29.8 Å². The van der Waals surface area contributed by atoms with Crippen LogP contribution in [-0.2, 0) is 11.2 Å². The van der Waals surface area contributed by atoms with Gasteiger partial charge in [0, 0.05) is 11.4 Å². The second-order valence-corrected chi connectivity index (χ2v) is 3.23. The quantitative estimate of drug-likeness (QED) is 0.540. The van der Waals surface area contributed by atoms with E-state index in [-0.39, 0.29) is 5.82 Å². The summed E-state index contributed by atoms with van der Waals surface area (Å²) in [5.41, 5.74) is 0.578. The van der Waals surface area contributed by atoms with Gasteiger partial charge in [0.15, 0.2) is 0 Å². The summed E-state index contributed by atoms with van der Waals surface area (Å²) < 4.78 is 13.0. The molecule has 3 heteroatoms. The minimum atomic E-state index is -0.254. The zero-order chi connectivity index (χ0) is 9.68. The Balaban J connectivity index is 2.64. The molecule has 1 aromatic rings. The zero-order valence-electron chi connectivity index (χ0n) is 7.09. The molecule has 0 N–H and O–H groups in total. The maximum atomic E-state index is 13.0. The van der Waals surface area contributed by atoms with Crippen molar-refractivity contribution in [2.24, 2.45) is 0 Å². The molecule has 0 saturated carbocycles. The standard InChI is InChI=1S/C10H10ClFO/c11-9-4-5-10(12)8(7-9)3-1-2-6-13/h4-7H,1-3H2. The molecule has 0 aromatic heterocycles. The largest absolute Gasteiger partial charge is 0.303 e. The first-order chi connectivity index (χ1) is 6.24. The van der Waals surface area contributed by atoms with Crippen LogP contribution in [0.2, 0.25) is 5.02 Å². The van der Waals surface area contributed by atoms with Gasteiger partial charge in [0.2, 0.25) is 0 Å². The minimum absolute atomic E-state index is 0.254. The molecule has 1 rings (SSSR count). The molecule has 0 unspecified atom stereocenters. The van der Waals surface area contributed by atoms with Crippen molar-refractivity contribution >= 4 is 17.9 Å². The van der Waals surface area contributed by atoms with Crippen LogP contribution in [0.3, 0.4) is 0 Å². The molecule has 0 spiro atoms. The normalized spacial score (nSPS) is 10.0. The van der Waals surface area contributed by atoms with E-state index in [2.05, 4.69) is 0 Å². The number of carbonyl (C=O) groups is 1. The first-order valence-electron chi connectivity index (χ1n) is 4.11. The van der Waals surface area contributed by atoms with E-state index in [0.717, 1.165) is 6.29 Å². The summed E-state index contributed by atoms with van der Waals surface area (Å²) in [6.07, 6.45) is 2.53. The SMILES string of the molecule is O=CCCCc1cc(Cl)ccc1F. The van der Waals surface area contributed by atoms with E-state index >= 15 is 0 Å². The van der Waals surface area contributed by atoms with E-state index in [9.17, 15) is 9.18 Å². The van der Waals surface area contributed by atoms with Crippen LogP contribution in [0.4, 0.5) is 4.39 Å². The van der Waals surface area contributed by atoms with Crippen molar-refractivity contribution in [2.75, 3.05) is 0 Å². The van der Waals surface area contributed by atoms with Crippen molar-refractivity contribution in [2.45, 2.75) is 19.3 Å². The predicted molar refractivity (Wildman–Crippen MR) is 50.4 cm³/mol. The fourth-order valence-electron chi connectivity index (χ4n) is 1.11. The molecule has 0 bridgehead atoms. The average Bonchev–Trinajstić information content (AvgIpc) is 2.11. The van der Waals surface area contributed by atoms with E-state index in [4.69, 9.17) is 11.6 Å². The topological polar surface area (TPSA) is 17.1 Å². The van der Waals surface area contributed by atoms with Crippen LogP contribution >= 0.6 is 11.6 Å². The molecule has 0 radical (unpaired) electrons. The van der Waals surface area contributed by atoms with Gasteiger partial charge in [0.1, 0.15) is 12.1 Å². The molecule has 1 aromatic carbocycles. The lowest BCUT2D eigenvalue weighted by atomic mass is 10.1. The molecule has 0 amide bonds. The lowest BCUT2D eigenvalue weighted by Gasteiger charge is -2.01. The fraction of sp³-hybridized carbons (Fsp3) is 0.300. The lowest BCUT2D eigenvalue weighted by Crippen LogP contribution is -1.91. The maximum Gasteiger partial charge on any atom is 0.126 e. The maximum absolute atomic E-state index is 13.0. The Morgan fingerprint density at radius 1 is 1.46 bits per heavy atom. The van der Waals surface area contributed by atoms with Crippen molar-refractivity contribution in [3.05, 3.63) is 34.6 Å². The van der Waals surface area contributed by atoms with Gasteiger partial charge in [-0.25, -0.2) is 4.39 Å². The molecule has 0 aliphatic heterocycles. The summed E-state index contributed by atoms with van der Waals surface area (Å²) in [5, 5.41) is 0.530. The summed E-state index contributed by atoms with van der Waals surface area (Å²) >= 11 is 5.69. The van der Waals surface area contributed by atoms with E-state index < -0.39 is 0 Å². The monoisotopic (exact) mass is 200 g/mol. The Morgan fingerprint density at radius 2 is 2.23 bits per heavy atom. The van der Waals surface area contributed by atoms with E-state index in [1.54, 1.807) is 6.07 Å². The summed E-state index contributed by atoms with van der Waals surface area (Å²) in [7, 11) is 0. The Kier molecular flexibility index (Phi) is 3.90. The van der Waals surface area contributed by atoms with Crippen LogP contribution in [-0.4, -0.2) is 6.29 Å². The first-order valence-corrected chi connectivity index (χ1v) is 4.49. The van der Waals surface area contributed by atoms with Crippen LogP contribution < -0.4 is 0 Å². The minimum Gasteiger partial charge on any atom is -0.303 e. The van der Waals surface area contributed by atoms with E-state index in [1.165, 1.54) is 12.1 Å². The Labute approximate surface area is 81.5 Å². The number of benzene rings is 1. The first kappa shape index (κ1) is 10.2. The van der Waals surface area contributed by atoms with Gasteiger partial charge in [-0.3, -0.25) is 0 Å². The highest BCUT2D eigenvalue weighted by Gasteiger charge is 2.01. The smallest absolute Gasteiger partial charge is 0.126 e. The van der Waals surface area contributed by atoms with Crippen molar-refractivity contribution < 1.29 is 9.18 Å². The number of hydrogen-bond acceptors (Lipinski definition) is 1. The summed E-state index contributed by atoms with van der Waals surface area (Å²) in [4.78, 5) is 10.0. The number of aryl methyl sites for hydroxylation is 1. The molecular formula is C10H10ClFO. The van der Waals surface area contributed by atoms with Crippen LogP contribution in [0, 0.1) is 5.82 Å². The molecule has 70 valence electrons. The molecule has 13 heavy (non-hydrogen) atoms. The van der Waals surface area contributed by atoms with Crippen molar-refractivity contribution in [1.29, 1.82) is 0 Å². The lowest BCUT2D eigenvalue weighted by molar-refractivity contribution is -0.107. The Morgan fingerprint density at radius 3 is 2.92 bits per heavy atom. The second-order valence-electron chi connectivity index (χ2n) is 2.79. The van der Waals surface area contributed by atoms with Crippen LogP contribution in [0.15, 0.2) is 18.2 Å². The zero-order valence-corrected chi connectivity index (χ0v) is 7.85. The number of aldehydes is 1. The third-order valence-electron chi connectivity index (χ3n) is 1.78. The third-order valence-corrected chi connectivity index (χ3v) is 2.01. The van der Waals surface area contributed by atoms with Crippen molar-refractivity contribution in [3.8, 4) is 0 Å². The van der Waals surface area contributed by atoms with Crippen LogP contribution in [0.25, 0.3) is 0 Å². The highest BCUT2D eigenvalue weighted by molar-refractivity contribution is 6.30. The number of hydrogen-bond donors (Lipinski definition) is 0. The number of halogens is 2. The van der Waals surface area contributed by atoms with Crippen LogP contribution in [0.5, 0.6) is 0 Å². The fourth-order valence-corrected chi connectivity index (χ4v) is 1.31. The van der Waals surface area contributed by atoms with Gasteiger partial charge < -0.3 is 4.79 Å². The van der Waals surface area contributed by atoms with Gasteiger partial charge in [-0.2, -0.15) is 0 Å².